The van der Waals surface area contributed by atoms with Crippen molar-refractivity contribution in [3.63, 3.8) is 0 Å². The van der Waals surface area contributed by atoms with E-state index >= 15 is 0 Å². The maximum Gasteiger partial charge on any atom is 0.338 e. The Morgan fingerprint density at radius 2 is 1.88 bits per heavy atom. The molecule has 6 nitrogen and oxygen atoms in total. The van der Waals surface area contributed by atoms with Gasteiger partial charge in [-0.3, -0.25) is 9.36 Å². The molecule has 0 saturated heterocycles. The number of fused-ring (bicyclic) bond motifs is 1. The van der Waals surface area contributed by atoms with E-state index in [9.17, 15) is 9.59 Å². The average molecular weight is 503 g/mol. The van der Waals surface area contributed by atoms with Crippen molar-refractivity contribution in [2.45, 2.75) is 13.0 Å². The van der Waals surface area contributed by atoms with Crippen LogP contribution in [0.1, 0.15) is 24.1 Å². The maximum absolute atomic E-state index is 13.5. The van der Waals surface area contributed by atoms with Crippen LogP contribution in [0.2, 0.25) is 10.0 Å². The number of benzene rings is 2. The number of carbonyl (C=O) groups excluding carboxylic acids is 1. The van der Waals surface area contributed by atoms with E-state index in [0.29, 0.717) is 30.6 Å². The van der Waals surface area contributed by atoms with Crippen molar-refractivity contribution in [3.05, 3.63) is 101 Å². The molecule has 0 N–H and O–H groups in total. The number of thiazole rings is 1. The predicted molar refractivity (Wildman–Crippen MR) is 130 cm³/mol. The lowest BCUT2D eigenvalue weighted by Crippen LogP contribution is -2.40. The molecule has 0 aliphatic carbocycles. The lowest BCUT2D eigenvalue weighted by molar-refractivity contribution is -0.140. The number of hydrogen-bond donors (Lipinski definition) is 0. The van der Waals surface area contributed by atoms with E-state index in [4.69, 9.17) is 32.7 Å². The van der Waals surface area contributed by atoms with Gasteiger partial charge in [0.05, 0.1) is 28.5 Å². The molecular formula is C24H20Cl2N2O4S. The first-order valence-corrected chi connectivity index (χ1v) is 11.7. The molecule has 0 amide bonds. The van der Waals surface area contributed by atoms with Gasteiger partial charge in [-0.2, -0.15) is 0 Å². The Balaban J connectivity index is 1.90. The number of esters is 1. The highest BCUT2D eigenvalue weighted by molar-refractivity contribution is 7.07. The first kappa shape index (κ1) is 23.4. The fourth-order valence-electron chi connectivity index (χ4n) is 3.57. The minimum atomic E-state index is -0.707. The van der Waals surface area contributed by atoms with Crippen LogP contribution in [0.5, 0.6) is 0 Å². The third-order valence-corrected chi connectivity index (χ3v) is 6.72. The van der Waals surface area contributed by atoms with Gasteiger partial charge in [0.1, 0.15) is 6.61 Å². The zero-order valence-electron chi connectivity index (χ0n) is 17.9. The Bertz CT molecular complexity index is 1410. The maximum atomic E-state index is 13.5. The zero-order valence-corrected chi connectivity index (χ0v) is 20.2. The van der Waals surface area contributed by atoms with Gasteiger partial charge in [0.2, 0.25) is 0 Å². The summed E-state index contributed by atoms with van der Waals surface area (Å²) in [6.45, 7) is 2.10. The SMILES string of the molecule is COCCOC(=O)C1=C(C)N=c2sc(=Cc3ccccc3Cl)c(=O)n2C1c1ccc(Cl)cc1. The van der Waals surface area contributed by atoms with E-state index in [2.05, 4.69) is 4.99 Å². The highest BCUT2D eigenvalue weighted by Gasteiger charge is 2.33. The second kappa shape index (κ2) is 10.1. The summed E-state index contributed by atoms with van der Waals surface area (Å²) in [5, 5.41) is 1.09. The van der Waals surface area contributed by atoms with Crippen molar-refractivity contribution in [1.29, 1.82) is 0 Å². The molecular weight excluding hydrogens is 483 g/mol. The number of carbonyl (C=O) groups is 1. The smallest absolute Gasteiger partial charge is 0.338 e. The molecule has 0 saturated carbocycles. The van der Waals surface area contributed by atoms with Crippen molar-refractivity contribution < 1.29 is 14.3 Å². The zero-order chi connectivity index (χ0) is 23.5. The van der Waals surface area contributed by atoms with Crippen LogP contribution in [-0.4, -0.2) is 30.9 Å². The summed E-state index contributed by atoms with van der Waals surface area (Å²) >= 11 is 13.6. The van der Waals surface area contributed by atoms with E-state index < -0.39 is 12.0 Å². The fraction of sp³-hybridized carbons (Fsp3) is 0.208. The standard InChI is InChI=1S/C24H20Cl2N2O4S/c1-14-20(23(30)32-12-11-31-2)21(15-7-9-17(25)10-8-15)28-22(29)19(33-24(28)27-14)13-16-5-3-4-6-18(16)26/h3-10,13,21H,11-12H2,1-2H3. The topological polar surface area (TPSA) is 69.9 Å². The molecule has 2 aromatic carbocycles. The normalized spacial score (nSPS) is 15.9. The Hall–Kier alpha value is -2.71. The molecule has 0 fully saturated rings. The van der Waals surface area contributed by atoms with Gasteiger partial charge in [-0.25, -0.2) is 9.79 Å². The molecule has 9 heteroatoms. The van der Waals surface area contributed by atoms with Gasteiger partial charge in [-0.05, 0) is 42.3 Å². The summed E-state index contributed by atoms with van der Waals surface area (Å²) in [4.78, 5) is 31.6. The van der Waals surface area contributed by atoms with Gasteiger partial charge in [0.15, 0.2) is 4.80 Å². The van der Waals surface area contributed by atoms with Gasteiger partial charge in [-0.15, -0.1) is 0 Å². The van der Waals surface area contributed by atoms with Crippen LogP contribution in [0.15, 0.2) is 69.6 Å². The molecule has 1 aliphatic heterocycles. The molecule has 1 unspecified atom stereocenters. The van der Waals surface area contributed by atoms with E-state index in [1.54, 1.807) is 43.3 Å². The molecule has 170 valence electrons. The number of hydrogen-bond acceptors (Lipinski definition) is 6. The first-order valence-electron chi connectivity index (χ1n) is 10.1. The summed E-state index contributed by atoms with van der Waals surface area (Å²) in [6, 6.07) is 13.6. The van der Waals surface area contributed by atoms with Gasteiger partial charge in [0, 0.05) is 17.2 Å². The van der Waals surface area contributed by atoms with E-state index in [1.165, 1.54) is 23.0 Å². The van der Waals surface area contributed by atoms with Crippen molar-refractivity contribution >= 4 is 46.6 Å². The molecule has 1 aromatic heterocycles. The molecule has 2 heterocycles. The van der Waals surface area contributed by atoms with Crippen molar-refractivity contribution in [2.24, 2.45) is 4.99 Å². The van der Waals surface area contributed by atoms with Crippen LogP contribution in [-0.2, 0) is 14.3 Å². The molecule has 0 radical (unpaired) electrons. The Labute approximate surface area is 204 Å². The summed E-state index contributed by atoms with van der Waals surface area (Å²) < 4.78 is 12.4. The van der Waals surface area contributed by atoms with Gasteiger partial charge < -0.3 is 9.47 Å². The largest absolute Gasteiger partial charge is 0.460 e. The first-order chi connectivity index (χ1) is 15.9. The number of methoxy groups -OCH3 is 1. The molecule has 1 atom stereocenters. The van der Waals surface area contributed by atoms with Crippen LogP contribution in [0.3, 0.4) is 0 Å². The third-order valence-electron chi connectivity index (χ3n) is 5.14. The second-order valence-electron chi connectivity index (χ2n) is 7.28. The van der Waals surface area contributed by atoms with E-state index in [0.717, 1.165) is 11.1 Å². The Morgan fingerprint density at radius 1 is 1.15 bits per heavy atom. The minimum absolute atomic E-state index is 0.0936. The van der Waals surface area contributed by atoms with Gasteiger partial charge >= 0.3 is 5.97 Å². The molecule has 1 aliphatic rings. The van der Waals surface area contributed by atoms with Crippen LogP contribution < -0.4 is 14.9 Å². The van der Waals surface area contributed by atoms with Crippen molar-refractivity contribution in [1.82, 2.24) is 4.57 Å². The summed E-state index contributed by atoms with van der Waals surface area (Å²) in [5.41, 5.74) is 1.96. The number of rotatable bonds is 6. The Kier molecular flexibility index (Phi) is 7.14. The third kappa shape index (κ3) is 4.82. The summed E-state index contributed by atoms with van der Waals surface area (Å²) in [5.74, 6) is -0.548. The molecule has 33 heavy (non-hydrogen) atoms. The molecule has 0 bridgehead atoms. The number of ether oxygens (including phenoxy) is 2. The monoisotopic (exact) mass is 502 g/mol. The number of allylic oxidation sites excluding steroid dienone is 1. The number of halogens is 2. The average Bonchev–Trinajstić information content (AvgIpc) is 3.09. The number of aromatic nitrogens is 1. The van der Waals surface area contributed by atoms with Gasteiger partial charge in [0.25, 0.3) is 5.56 Å². The lowest BCUT2D eigenvalue weighted by Gasteiger charge is -2.24. The quantitative estimate of drug-likeness (QED) is 0.380. The summed E-state index contributed by atoms with van der Waals surface area (Å²) in [6.07, 6.45) is 1.74. The van der Waals surface area contributed by atoms with Gasteiger partial charge in [-0.1, -0.05) is 64.9 Å². The van der Waals surface area contributed by atoms with Crippen molar-refractivity contribution in [2.75, 3.05) is 20.3 Å². The fourth-order valence-corrected chi connectivity index (χ4v) is 4.93. The van der Waals surface area contributed by atoms with Crippen molar-refractivity contribution in [3.8, 4) is 0 Å². The minimum Gasteiger partial charge on any atom is -0.460 e. The lowest BCUT2D eigenvalue weighted by atomic mass is 9.96. The summed E-state index contributed by atoms with van der Waals surface area (Å²) in [7, 11) is 1.53. The predicted octanol–water partition coefficient (Wildman–Crippen LogP) is 3.73. The van der Waals surface area contributed by atoms with Crippen LogP contribution in [0.4, 0.5) is 0 Å². The number of nitrogens with zero attached hydrogens (tertiary/aromatic N) is 2. The second-order valence-corrected chi connectivity index (χ2v) is 9.14. The van der Waals surface area contributed by atoms with Crippen LogP contribution in [0.25, 0.3) is 6.08 Å². The molecule has 3 aromatic rings. The highest BCUT2D eigenvalue weighted by atomic mass is 35.5. The molecule has 0 spiro atoms. The molecule has 4 rings (SSSR count). The van der Waals surface area contributed by atoms with Crippen LogP contribution >= 0.6 is 34.5 Å². The Morgan fingerprint density at radius 3 is 2.58 bits per heavy atom. The van der Waals surface area contributed by atoms with E-state index in [1.807, 2.05) is 18.2 Å². The van der Waals surface area contributed by atoms with E-state index in [-0.39, 0.29) is 18.8 Å². The van der Waals surface area contributed by atoms with Crippen LogP contribution in [0, 0.1) is 0 Å². The highest BCUT2D eigenvalue weighted by Crippen LogP contribution is 2.31.